The molecule has 0 bridgehead atoms. The monoisotopic (exact) mass is 403 g/mol. The van der Waals surface area contributed by atoms with Crippen LogP contribution in [0.1, 0.15) is 61.7 Å². The molecule has 2 N–H and O–H groups in total. The number of ether oxygens (including phenoxy) is 2. The summed E-state index contributed by atoms with van der Waals surface area (Å²) in [5.74, 6) is 1.62. The first-order valence-corrected chi connectivity index (χ1v) is 10.4. The Morgan fingerprint density at radius 2 is 1.76 bits per heavy atom. The summed E-state index contributed by atoms with van der Waals surface area (Å²) in [6, 6.07) is 13.2. The van der Waals surface area contributed by atoms with Crippen molar-refractivity contribution in [2.24, 2.45) is 0 Å². The highest BCUT2D eigenvalue weighted by Gasteiger charge is 2.25. The molecule has 0 saturated heterocycles. The van der Waals surface area contributed by atoms with Crippen molar-refractivity contribution in [1.29, 1.82) is 0 Å². The number of carbonyl (C=O) groups excluding carboxylic acids is 1. The lowest BCUT2D eigenvalue weighted by molar-refractivity contribution is 0.105. The Labute approximate surface area is 176 Å². The molecule has 5 heteroatoms. The number of hydrogen-bond acceptors (Lipinski definition) is 5. The molecule has 29 heavy (non-hydrogen) atoms. The van der Waals surface area contributed by atoms with Gasteiger partial charge >= 0.3 is 0 Å². The number of carbonyl (C=O) groups is 1. The van der Waals surface area contributed by atoms with E-state index in [2.05, 4.69) is 11.4 Å². The zero-order chi connectivity index (χ0) is 22.1. The second kappa shape index (κ2) is 16.7. The maximum Gasteiger partial charge on any atom is 0.150 e. The number of nitrogens with one attached hydrogen (secondary N) is 1. The van der Waals surface area contributed by atoms with Crippen LogP contribution in [0.3, 0.4) is 0 Å². The first-order valence-electron chi connectivity index (χ1n) is 10.4. The summed E-state index contributed by atoms with van der Waals surface area (Å²) < 4.78 is 11.4. The maximum atomic E-state index is 10.6. The van der Waals surface area contributed by atoms with Crippen molar-refractivity contribution in [3.05, 3.63) is 59.2 Å². The molecule has 0 saturated carbocycles. The van der Waals surface area contributed by atoms with Crippen LogP contribution in [0.4, 0.5) is 0 Å². The first kappa shape index (κ1) is 26.8. The van der Waals surface area contributed by atoms with Gasteiger partial charge in [0.05, 0.1) is 12.7 Å². The zero-order valence-electron chi connectivity index (χ0n) is 18.7. The Morgan fingerprint density at radius 1 is 1.10 bits per heavy atom. The summed E-state index contributed by atoms with van der Waals surface area (Å²) in [7, 11) is 3.54. The van der Waals surface area contributed by atoms with Gasteiger partial charge in [-0.1, -0.05) is 39.8 Å². The molecule has 2 aromatic carbocycles. The van der Waals surface area contributed by atoms with Crippen molar-refractivity contribution >= 4 is 6.29 Å². The van der Waals surface area contributed by atoms with Crippen molar-refractivity contribution in [1.82, 2.24) is 5.32 Å². The molecule has 1 aliphatic carbocycles. The van der Waals surface area contributed by atoms with Gasteiger partial charge in [0.1, 0.15) is 17.8 Å². The van der Waals surface area contributed by atoms with Gasteiger partial charge in [-0.25, -0.2) is 0 Å². The van der Waals surface area contributed by atoms with E-state index in [1.54, 1.807) is 26.3 Å². The molecule has 162 valence electrons. The first-order chi connectivity index (χ1) is 14.2. The molecule has 5 nitrogen and oxygen atoms in total. The molecular formula is C24H37NO4. The number of aliphatic hydroxyl groups excluding tert-OH is 1. The minimum atomic E-state index is 0.172. The molecule has 1 aliphatic rings. The molecule has 0 fully saturated rings. The van der Waals surface area contributed by atoms with Gasteiger partial charge in [0.15, 0.2) is 0 Å². The van der Waals surface area contributed by atoms with E-state index < -0.39 is 0 Å². The number of methoxy groups -OCH3 is 1. The van der Waals surface area contributed by atoms with E-state index in [0.717, 1.165) is 30.6 Å². The highest BCUT2D eigenvalue weighted by molar-refractivity contribution is 5.74. The van der Waals surface area contributed by atoms with Gasteiger partial charge in [-0.3, -0.25) is 4.79 Å². The fourth-order valence-electron chi connectivity index (χ4n) is 2.78. The third-order valence-corrected chi connectivity index (χ3v) is 4.06. The summed E-state index contributed by atoms with van der Waals surface area (Å²) in [4.78, 5) is 10.6. The molecular weight excluding hydrogens is 366 g/mol. The lowest BCUT2D eigenvalue weighted by atomic mass is 10.1. The van der Waals surface area contributed by atoms with Crippen molar-refractivity contribution in [3.63, 3.8) is 0 Å². The van der Waals surface area contributed by atoms with E-state index >= 15 is 0 Å². The number of aldehydes is 1. The highest BCUT2D eigenvalue weighted by Crippen LogP contribution is 2.39. The molecule has 0 radical (unpaired) electrons. The van der Waals surface area contributed by atoms with E-state index in [1.807, 2.05) is 52.0 Å². The summed E-state index contributed by atoms with van der Waals surface area (Å²) in [5.41, 5.74) is 3.09. The molecule has 0 aliphatic heterocycles. The predicted molar refractivity (Wildman–Crippen MR) is 120 cm³/mol. The average molecular weight is 404 g/mol. The van der Waals surface area contributed by atoms with Gasteiger partial charge in [0, 0.05) is 24.8 Å². The van der Waals surface area contributed by atoms with Crippen LogP contribution >= 0.6 is 0 Å². The van der Waals surface area contributed by atoms with Crippen LogP contribution in [0.5, 0.6) is 11.5 Å². The fourth-order valence-corrected chi connectivity index (χ4v) is 2.78. The molecule has 0 aromatic heterocycles. The molecule has 1 unspecified atom stereocenters. The van der Waals surface area contributed by atoms with E-state index in [-0.39, 0.29) is 12.7 Å². The van der Waals surface area contributed by atoms with Crippen LogP contribution in [0.15, 0.2) is 42.5 Å². The van der Waals surface area contributed by atoms with Crippen LogP contribution in [0.2, 0.25) is 0 Å². The average Bonchev–Trinajstić information content (AvgIpc) is 3.22. The van der Waals surface area contributed by atoms with E-state index in [9.17, 15) is 4.79 Å². The van der Waals surface area contributed by atoms with Crippen LogP contribution in [0, 0.1) is 0 Å². The van der Waals surface area contributed by atoms with E-state index in [4.69, 9.17) is 14.6 Å². The summed E-state index contributed by atoms with van der Waals surface area (Å²) in [6.07, 6.45) is 2.96. The molecule has 0 amide bonds. The molecule has 0 heterocycles. The predicted octanol–water partition coefficient (Wildman–Crippen LogP) is 5.18. The van der Waals surface area contributed by atoms with Gasteiger partial charge in [-0.05, 0) is 55.8 Å². The molecule has 3 rings (SSSR count). The van der Waals surface area contributed by atoms with Gasteiger partial charge < -0.3 is 19.9 Å². The number of hydrogen-bond donors (Lipinski definition) is 2. The van der Waals surface area contributed by atoms with E-state index in [0.29, 0.717) is 12.1 Å². The van der Waals surface area contributed by atoms with Crippen molar-refractivity contribution in [2.75, 3.05) is 27.3 Å². The van der Waals surface area contributed by atoms with Crippen molar-refractivity contribution < 1.29 is 19.4 Å². The summed E-state index contributed by atoms with van der Waals surface area (Å²) in [6.45, 7) is 8.93. The van der Waals surface area contributed by atoms with Gasteiger partial charge in [0.25, 0.3) is 0 Å². The topological polar surface area (TPSA) is 67.8 Å². The van der Waals surface area contributed by atoms with Crippen molar-refractivity contribution in [2.45, 2.75) is 46.6 Å². The molecule has 2 aromatic rings. The Bertz CT molecular complexity index is 669. The Balaban J connectivity index is 0.000000752. The maximum absolute atomic E-state index is 10.6. The Hall–Kier alpha value is -2.21. The lowest BCUT2D eigenvalue weighted by Gasteiger charge is -2.12. The summed E-state index contributed by atoms with van der Waals surface area (Å²) >= 11 is 0. The Kier molecular flexibility index (Phi) is 15.4. The quantitative estimate of drug-likeness (QED) is 0.651. The normalized spacial score (nSPS) is 13.4. The Morgan fingerprint density at radius 3 is 2.24 bits per heavy atom. The van der Waals surface area contributed by atoms with Crippen LogP contribution < -0.4 is 10.1 Å². The van der Waals surface area contributed by atoms with Crippen LogP contribution in [0.25, 0.3) is 0 Å². The number of benzene rings is 2. The van der Waals surface area contributed by atoms with Crippen LogP contribution in [-0.2, 0) is 11.2 Å². The third kappa shape index (κ3) is 8.77. The van der Waals surface area contributed by atoms with Gasteiger partial charge in [0.2, 0.25) is 0 Å². The van der Waals surface area contributed by atoms with Gasteiger partial charge in [-0.2, -0.15) is 0 Å². The molecule has 0 spiro atoms. The number of aliphatic hydroxyl groups is 1. The SMILES string of the molecule is CC.CC.CNCCO.COC1CCc2c(Oc3ccc(C=O)cc3)cccc21. The summed E-state index contributed by atoms with van der Waals surface area (Å²) in [5, 5.41) is 10.8. The third-order valence-electron chi connectivity index (χ3n) is 4.06. The standard InChI is InChI=1S/C17H16O3.C3H9NO.2C2H6/c1-19-16-10-9-15-14(16)3-2-4-17(15)20-13-7-5-12(11-18)6-8-13;1-4-2-3-5;2*1-2/h2-8,11,16H,9-10H2,1H3;4-5H,2-3H2,1H3;2*1-2H3. The number of rotatable bonds is 6. The molecule has 1 atom stereocenters. The number of likely N-dealkylation sites (N-methyl/N-ethyl adjacent to an activating group) is 1. The largest absolute Gasteiger partial charge is 0.457 e. The second-order valence-electron chi connectivity index (χ2n) is 5.70. The lowest BCUT2D eigenvalue weighted by Crippen LogP contribution is -2.10. The smallest absolute Gasteiger partial charge is 0.150 e. The second-order valence-corrected chi connectivity index (χ2v) is 5.70. The highest BCUT2D eigenvalue weighted by atomic mass is 16.5. The van der Waals surface area contributed by atoms with E-state index in [1.165, 1.54) is 11.1 Å². The zero-order valence-corrected chi connectivity index (χ0v) is 18.7. The van der Waals surface area contributed by atoms with Crippen LogP contribution in [-0.4, -0.2) is 38.7 Å². The van der Waals surface area contributed by atoms with Gasteiger partial charge in [-0.15, -0.1) is 0 Å². The number of fused-ring (bicyclic) bond motifs is 1. The fraction of sp³-hybridized carbons (Fsp3) is 0.458. The van der Waals surface area contributed by atoms with Crippen molar-refractivity contribution in [3.8, 4) is 11.5 Å². The minimum Gasteiger partial charge on any atom is -0.457 e. The minimum absolute atomic E-state index is 0.172.